The van der Waals surface area contributed by atoms with Crippen molar-refractivity contribution in [2.24, 2.45) is 0 Å². The minimum absolute atomic E-state index is 0.380. The van der Waals surface area contributed by atoms with Crippen LogP contribution in [-0.4, -0.2) is 36.7 Å². The number of esters is 1. The first-order chi connectivity index (χ1) is 16.1. The maximum absolute atomic E-state index is 12.7. The van der Waals surface area contributed by atoms with Crippen LogP contribution in [0.4, 0.5) is 0 Å². The van der Waals surface area contributed by atoms with Crippen LogP contribution in [0.5, 0.6) is 0 Å². The molecule has 0 bridgehead atoms. The lowest BCUT2D eigenvalue weighted by atomic mass is 10.1. The Balaban J connectivity index is 1.46. The molecule has 0 saturated heterocycles. The van der Waals surface area contributed by atoms with E-state index in [4.69, 9.17) is 4.74 Å². The summed E-state index contributed by atoms with van der Waals surface area (Å²) < 4.78 is 5.21. The Morgan fingerprint density at radius 3 is 2.09 bits per heavy atom. The summed E-state index contributed by atoms with van der Waals surface area (Å²) in [5.41, 5.74) is 1.00. The largest absolute Gasteiger partial charge is 0.454 e. The van der Waals surface area contributed by atoms with Crippen molar-refractivity contribution in [3.05, 3.63) is 102 Å². The average Bonchev–Trinajstić information content (AvgIpc) is 2.87. The molecule has 0 spiro atoms. The molecule has 2 N–H and O–H groups in total. The molecule has 1 atom stereocenters. The van der Waals surface area contributed by atoms with Crippen LogP contribution in [0.3, 0.4) is 0 Å². The van der Waals surface area contributed by atoms with Gasteiger partial charge in [0, 0.05) is 17.0 Å². The van der Waals surface area contributed by atoms with Gasteiger partial charge in [-0.2, -0.15) is 0 Å². The van der Waals surface area contributed by atoms with Gasteiger partial charge < -0.3 is 15.4 Å². The molecule has 2 amide bonds. The van der Waals surface area contributed by atoms with E-state index in [0.29, 0.717) is 17.7 Å². The van der Waals surface area contributed by atoms with Crippen LogP contribution < -0.4 is 10.6 Å². The van der Waals surface area contributed by atoms with Crippen LogP contribution in [0.25, 0.3) is 0 Å². The van der Waals surface area contributed by atoms with Gasteiger partial charge >= 0.3 is 5.97 Å². The standard InChI is InChI=1S/C26H26N2O4S/c29-23(27-17-10-18-33-22-15-8-3-9-16-22)19-32-26(31)24(20-11-4-1-5-12-20)28-25(30)21-13-6-2-7-14-21/h1-9,11-16,24H,10,17-19H2,(H,27,29)(H,28,30). The molecule has 6 nitrogen and oxygen atoms in total. The van der Waals surface area contributed by atoms with E-state index in [1.54, 1.807) is 66.4 Å². The lowest BCUT2D eigenvalue weighted by Gasteiger charge is -2.18. The summed E-state index contributed by atoms with van der Waals surface area (Å²) in [6, 6.07) is 26.4. The van der Waals surface area contributed by atoms with Crippen molar-refractivity contribution in [2.75, 3.05) is 18.9 Å². The fraction of sp³-hybridized carbons (Fsp3) is 0.192. The van der Waals surface area contributed by atoms with Gasteiger partial charge in [0.15, 0.2) is 12.6 Å². The molecule has 3 aromatic carbocycles. The highest BCUT2D eigenvalue weighted by Crippen LogP contribution is 2.17. The van der Waals surface area contributed by atoms with Gasteiger partial charge in [0.25, 0.3) is 11.8 Å². The quantitative estimate of drug-likeness (QED) is 0.256. The molecule has 3 aromatic rings. The predicted octanol–water partition coefficient (Wildman–Crippen LogP) is 4.00. The second-order valence-electron chi connectivity index (χ2n) is 7.16. The Kier molecular flexibility index (Phi) is 9.54. The van der Waals surface area contributed by atoms with E-state index >= 15 is 0 Å². The molecule has 0 saturated carbocycles. The maximum atomic E-state index is 12.7. The minimum Gasteiger partial charge on any atom is -0.454 e. The lowest BCUT2D eigenvalue weighted by molar-refractivity contribution is -0.150. The van der Waals surface area contributed by atoms with Gasteiger partial charge in [-0.1, -0.05) is 66.7 Å². The molecule has 0 aliphatic carbocycles. The molecule has 0 aromatic heterocycles. The third-order valence-corrected chi connectivity index (χ3v) is 5.78. The van der Waals surface area contributed by atoms with Crippen LogP contribution >= 0.6 is 11.8 Å². The third kappa shape index (κ3) is 8.12. The zero-order valence-electron chi connectivity index (χ0n) is 18.1. The molecule has 0 aliphatic rings. The van der Waals surface area contributed by atoms with Crippen molar-refractivity contribution in [3.63, 3.8) is 0 Å². The molecule has 7 heteroatoms. The number of ether oxygens (including phenoxy) is 1. The summed E-state index contributed by atoms with van der Waals surface area (Å²) in [6.07, 6.45) is 0.791. The van der Waals surface area contributed by atoms with Crippen LogP contribution in [0.1, 0.15) is 28.4 Å². The van der Waals surface area contributed by atoms with E-state index in [1.165, 1.54) is 4.90 Å². The molecular formula is C26H26N2O4S. The van der Waals surface area contributed by atoms with Gasteiger partial charge in [-0.3, -0.25) is 9.59 Å². The fourth-order valence-corrected chi connectivity index (χ4v) is 3.88. The number of benzene rings is 3. The maximum Gasteiger partial charge on any atom is 0.333 e. The lowest BCUT2D eigenvalue weighted by Crippen LogP contribution is -2.37. The van der Waals surface area contributed by atoms with Crippen molar-refractivity contribution < 1.29 is 19.1 Å². The Bertz CT molecular complexity index is 1030. The number of hydrogen-bond donors (Lipinski definition) is 2. The van der Waals surface area contributed by atoms with E-state index in [0.717, 1.165) is 12.2 Å². The average molecular weight is 463 g/mol. The summed E-state index contributed by atoms with van der Waals surface area (Å²) in [5, 5.41) is 5.45. The Morgan fingerprint density at radius 1 is 0.818 bits per heavy atom. The van der Waals surface area contributed by atoms with Gasteiger partial charge in [0.1, 0.15) is 0 Å². The SMILES string of the molecule is O=C(COC(=O)C(NC(=O)c1ccccc1)c1ccccc1)NCCCSc1ccccc1. The highest BCUT2D eigenvalue weighted by Gasteiger charge is 2.25. The Morgan fingerprint density at radius 2 is 1.42 bits per heavy atom. The number of rotatable bonds is 11. The van der Waals surface area contributed by atoms with Crippen LogP contribution in [0, 0.1) is 0 Å². The van der Waals surface area contributed by atoms with Gasteiger partial charge in [-0.15, -0.1) is 11.8 Å². The van der Waals surface area contributed by atoms with E-state index < -0.39 is 24.5 Å². The highest BCUT2D eigenvalue weighted by atomic mass is 32.2. The van der Waals surface area contributed by atoms with E-state index in [9.17, 15) is 14.4 Å². The van der Waals surface area contributed by atoms with E-state index in [2.05, 4.69) is 10.6 Å². The zero-order valence-corrected chi connectivity index (χ0v) is 18.9. The van der Waals surface area contributed by atoms with Crippen LogP contribution in [0.2, 0.25) is 0 Å². The van der Waals surface area contributed by atoms with E-state index in [-0.39, 0.29) is 5.91 Å². The normalized spacial score (nSPS) is 11.3. The smallest absolute Gasteiger partial charge is 0.333 e. The molecule has 0 aliphatic heterocycles. The molecule has 3 rings (SSSR count). The molecule has 0 radical (unpaired) electrons. The minimum atomic E-state index is -1.02. The Hall–Kier alpha value is -3.58. The number of carbonyl (C=O) groups is 3. The first-order valence-corrected chi connectivity index (χ1v) is 11.6. The van der Waals surface area contributed by atoms with Gasteiger partial charge in [-0.25, -0.2) is 4.79 Å². The fourth-order valence-electron chi connectivity index (χ4n) is 3.01. The predicted molar refractivity (Wildman–Crippen MR) is 129 cm³/mol. The third-order valence-electron chi connectivity index (χ3n) is 4.68. The zero-order chi connectivity index (χ0) is 23.3. The van der Waals surface area contributed by atoms with Gasteiger partial charge in [0.2, 0.25) is 0 Å². The summed E-state index contributed by atoms with van der Waals surface area (Å²) >= 11 is 1.72. The molecule has 33 heavy (non-hydrogen) atoms. The number of nitrogens with one attached hydrogen (secondary N) is 2. The summed E-state index contributed by atoms with van der Waals surface area (Å²) in [7, 11) is 0. The second-order valence-corrected chi connectivity index (χ2v) is 8.32. The second kappa shape index (κ2) is 13.1. The van der Waals surface area contributed by atoms with Crippen molar-refractivity contribution in [3.8, 4) is 0 Å². The topological polar surface area (TPSA) is 84.5 Å². The molecule has 170 valence electrons. The number of carbonyl (C=O) groups excluding carboxylic acids is 3. The summed E-state index contributed by atoms with van der Waals surface area (Å²) in [4.78, 5) is 38.6. The molecule has 0 fully saturated rings. The van der Waals surface area contributed by atoms with E-state index in [1.807, 2.05) is 36.4 Å². The first-order valence-electron chi connectivity index (χ1n) is 10.7. The molecular weight excluding hydrogens is 436 g/mol. The first kappa shape index (κ1) is 24.1. The van der Waals surface area contributed by atoms with Gasteiger partial charge in [-0.05, 0) is 42.0 Å². The summed E-state index contributed by atoms with van der Waals surface area (Å²) in [5.74, 6) is -0.609. The highest BCUT2D eigenvalue weighted by molar-refractivity contribution is 7.99. The van der Waals surface area contributed by atoms with Crippen molar-refractivity contribution in [1.29, 1.82) is 0 Å². The molecule has 1 unspecified atom stereocenters. The number of hydrogen-bond acceptors (Lipinski definition) is 5. The van der Waals surface area contributed by atoms with Gasteiger partial charge in [0.05, 0.1) is 0 Å². The number of thioether (sulfide) groups is 1. The van der Waals surface area contributed by atoms with Crippen molar-refractivity contribution >= 4 is 29.5 Å². The monoisotopic (exact) mass is 462 g/mol. The molecule has 0 heterocycles. The number of amides is 2. The Labute approximate surface area is 197 Å². The van der Waals surface area contributed by atoms with Crippen molar-refractivity contribution in [1.82, 2.24) is 10.6 Å². The summed E-state index contributed by atoms with van der Waals surface area (Å²) in [6.45, 7) is 0.0816. The van der Waals surface area contributed by atoms with Crippen LogP contribution in [-0.2, 0) is 14.3 Å². The van der Waals surface area contributed by atoms with Crippen LogP contribution in [0.15, 0.2) is 95.9 Å². The van der Waals surface area contributed by atoms with Crippen molar-refractivity contribution in [2.45, 2.75) is 17.4 Å².